The predicted molar refractivity (Wildman–Crippen MR) is 85.4 cm³/mol. The van der Waals surface area contributed by atoms with Crippen LogP contribution in [0.4, 0.5) is 0 Å². The first kappa shape index (κ1) is 16.8. The van der Waals surface area contributed by atoms with Gasteiger partial charge in [0.2, 0.25) is 0 Å². The lowest BCUT2D eigenvalue weighted by Crippen LogP contribution is -2.31. The number of rotatable bonds is 5. The zero-order valence-electron chi connectivity index (χ0n) is 12.0. The van der Waals surface area contributed by atoms with Gasteiger partial charge in [0, 0.05) is 22.6 Å². The summed E-state index contributed by atoms with van der Waals surface area (Å²) in [7, 11) is 1.50. The standard InChI is InChI=1S/C14H20ClNO3S2/c1-2-10-3-5-11(6-4-10)8-16-14(17)12-7-13(20-9-12)21(15,18)19/h7,9-11H,2-6,8H2,1H3,(H,16,17). The molecule has 1 heterocycles. The fraction of sp³-hybridized carbons (Fsp3) is 0.643. The van der Waals surface area contributed by atoms with Gasteiger partial charge < -0.3 is 5.32 Å². The Labute approximate surface area is 134 Å². The van der Waals surface area contributed by atoms with Crippen molar-refractivity contribution in [1.82, 2.24) is 5.32 Å². The van der Waals surface area contributed by atoms with Gasteiger partial charge in [-0.15, -0.1) is 11.3 Å². The van der Waals surface area contributed by atoms with E-state index < -0.39 is 9.05 Å². The quantitative estimate of drug-likeness (QED) is 0.826. The van der Waals surface area contributed by atoms with E-state index in [4.69, 9.17) is 10.7 Å². The summed E-state index contributed by atoms with van der Waals surface area (Å²) >= 11 is 0.969. The van der Waals surface area contributed by atoms with Crippen LogP contribution >= 0.6 is 22.0 Å². The van der Waals surface area contributed by atoms with Crippen LogP contribution in [0.1, 0.15) is 49.4 Å². The molecule has 1 N–H and O–H groups in total. The maximum absolute atomic E-state index is 12.0. The van der Waals surface area contributed by atoms with Crippen LogP contribution in [-0.4, -0.2) is 20.9 Å². The summed E-state index contributed by atoms with van der Waals surface area (Å²) in [6.07, 6.45) is 6.03. The number of nitrogens with one attached hydrogen (secondary N) is 1. The molecule has 0 unspecified atom stereocenters. The van der Waals surface area contributed by atoms with Crippen LogP contribution in [0.2, 0.25) is 0 Å². The van der Waals surface area contributed by atoms with E-state index in [9.17, 15) is 13.2 Å². The molecule has 0 atom stereocenters. The third-order valence-electron chi connectivity index (χ3n) is 4.17. The minimum absolute atomic E-state index is 0.0118. The molecule has 0 spiro atoms. The average Bonchev–Trinajstić information content (AvgIpc) is 2.95. The minimum Gasteiger partial charge on any atom is -0.352 e. The SMILES string of the molecule is CCC1CCC(CNC(=O)c2csc(S(=O)(=O)Cl)c2)CC1. The lowest BCUT2D eigenvalue weighted by molar-refractivity contribution is 0.0941. The molecule has 118 valence electrons. The first-order valence-corrected chi connectivity index (χ1v) is 10.4. The second-order valence-corrected chi connectivity index (χ2v) is 9.30. The molecular formula is C14H20ClNO3S2. The van der Waals surface area contributed by atoms with Gasteiger partial charge in [0.05, 0.1) is 5.56 Å². The van der Waals surface area contributed by atoms with Crippen molar-refractivity contribution < 1.29 is 13.2 Å². The molecule has 0 radical (unpaired) electrons. The smallest absolute Gasteiger partial charge is 0.270 e. The predicted octanol–water partition coefficient (Wildman–Crippen LogP) is 3.62. The summed E-state index contributed by atoms with van der Waals surface area (Å²) in [4.78, 5) is 12.0. The highest BCUT2D eigenvalue weighted by atomic mass is 35.7. The van der Waals surface area contributed by atoms with E-state index in [1.807, 2.05) is 0 Å². The third kappa shape index (κ3) is 4.69. The Hall–Kier alpha value is -0.590. The van der Waals surface area contributed by atoms with Gasteiger partial charge in [-0.25, -0.2) is 8.42 Å². The van der Waals surface area contributed by atoms with Crippen molar-refractivity contribution in [1.29, 1.82) is 0 Å². The van der Waals surface area contributed by atoms with E-state index in [1.54, 1.807) is 0 Å². The number of halogens is 1. The number of hydrogen-bond donors (Lipinski definition) is 1. The van der Waals surface area contributed by atoms with Crippen molar-refractivity contribution in [3.8, 4) is 0 Å². The number of carbonyl (C=O) groups excluding carboxylic acids is 1. The molecule has 7 heteroatoms. The van der Waals surface area contributed by atoms with Crippen LogP contribution in [0.25, 0.3) is 0 Å². The van der Waals surface area contributed by atoms with Gasteiger partial charge in [-0.3, -0.25) is 4.79 Å². The second kappa shape index (κ2) is 7.11. The fourth-order valence-corrected chi connectivity index (χ4v) is 4.69. The van der Waals surface area contributed by atoms with E-state index in [0.717, 1.165) is 30.1 Å². The molecule has 1 saturated carbocycles. The Morgan fingerprint density at radius 1 is 1.33 bits per heavy atom. The Morgan fingerprint density at radius 3 is 2.48 bits per heavy atom. The van der Waals surface area contributed by atoms with Crippen LogP contribution in [-0.2, 0) is 9.05 Å². The maximum Gasteiger partial charge on any atom is 0.270 e. The van der Waals surface area contributed by atoms with Gasteiger partial charge in [0.15, 0.2) is 0 Å². The highest BCUT2D eigenvalue weighted by Crippen LogP contribution is 2.30. The van der Waals surface area contributed by atoms with Crippen LogP contribution < -0.4 is 5.32 Å². The number of carbonyl (C=O) groups is 1. The highest BCUT2D eigenvalue weighted by Gasteiger charge is 2.21. The number of thiophene rings is 1. The molecule has 1 fully saturated rings. The second-order valence-electron chi connectivity index (χ2n) is 5.60. The molecular weight excluding hydrogens is 330 g/mol. The molecule has 0 saturated heterocycles. The van der Waals surface area contributed by atoms with Crippen LogP contribution in [0, 0.1) is 11.8 Å². The van der Waals surface area contributed by atoms with Gasteiger partial charge in [-0.1, -0.05) is 26.2 Å². The Morgan fingerprint density at radius 2 is 1.95 bits per heavy atom. The molecule has 21 heavy (non-hydrogen) atoms. The molecule has 1 amide bonds. The number of hydrogen-bond acceptors (Lipinski definition) is 4. The highest BCUT2D eigenvalue weighted by molar-refractivity contribution is 8.15. The summed E-state index contributed by atoms with van der Waals surface area (Å²) in [5.74, 6) is 1.15. The van der Waals surface area contributed by atoms with E-state index >= 15 is 0 Å². The first-order chi connectivity index (χ1) is 9.90. The zero-order chi connectivity index (χ0) is 15.5. The summed E-state index contributed by atoms with van der Waals surface area (Å²) in [5.41, 5.74) is 0.362. The van der Waals surface area contributed by atoms with Gasteiger partial charge in [-0.05, 0) is 30.7 Å². The summed E-state index contributed by atoms with van der Waals surface area (Å²) in [5, 5.41) is 4.42. The van der Waals surface area contributed by atoms with Gasteiger partial charge in [0.1, 0.15) is 4.21 Å². The Kier molecular flexibility index (Phi) is 5.68. The van der Waals surface area contributed by atoms with Crippen LogP contribution in [0.5, 0.6) is 0 Å². The summed E-state index contributed by atoms with van der Waals surface area (Å²) in [6, 6.07) is 1.33. The van der Waals surface area contributed by atoms with Gasteiger partial charge >= 0.3 is 0 Å². The van der Waals surface area contributed by atoms with Gasteiger partial charge in [0.25, 0.3) is 15.0 Å². The number of amides is 1. The monoisotopic (exact) mass is 349 g/mol. The van der Waals surface area contributed by atoms with E-state index in [2.05, 4.69) is 12.2 Å². The van der Waals surface area contributed by atoms with Crippen molar-refractivity contribution in [2.24, 2.45) is 11.8 Å². The lowest BCUT2D eigenvalue weighted by atomic mass is 9.81. The normalized spacial score (nSPS) is 23.0. The van der Waals surface area contributed by atoms with Crippen molar-refractivity contribution >= 4 is 37.0 Å². The Bertz CT molecular complexity index is 589. The van der Waals surface area contributed by atoms with Gasteiger partial charge in [-0.2, -0.15) is 0 Å². The van der Waals surface area contributed by atoms with Crippen molar-refractivity contribution in [3.63, 3.8) is 0 Å². The fourth-order valence-electron chi connectivity index (χ4n) is 2.75. The van der Waals surface area contributed by atoms with E-state index in [1.165, 1.54) is 30.7 Å². The Balaban J connectivity index is 1.84. The van der Waals surface area contributed by atoms with Crippen molar-refractivity contribution in [2.75, 3.05) is 6.54 Å². The third-order valence-corrected chi connectivity index (χ3v) is 7.21. The van der Waals surface area contributed by atoms with E-state index in [0.29, 0.717) is 18.0 Å². The molecule has 0 aliphatic heterocycles. The van der Waals surface area contributed by atoms with Crippen molar-refractivity contribution in [3.05, 3.63) is 17.0 Å². The molecule has 1 aromatic heterocycles. The topological polar surface area (TPSA) is 63.2 Å². The minimum atomic E-state index is -3.75. The lowest BCUT2D eigenvalue weighted by Gasteiger charge is -2.27. The molecule has 2 rings (SSSR count). The van der Waals surface area contributed by atoms with Crippen LogP contribution in [0.15, 0.2) is 15.7 Å². The molecule has 4 nitrogen and oxygen atoms in total. The summed E-state index contributed by atoms with van der Waals surface area (Å²) in [6.45, 7) is 2.89. The first-order valence-electron chi connectivity index (χ1n) is 7.21. The molecule has 0 aromatic carbocycles. The summed E-state index contributed by atoms with van der Waals surface area (Å²) < 4.78 is 22.4. The van der Waals surface area contributed by atoms with Crippen molar-refractivity contribution in [2.45, 2.75) is 43.2 Å². The zero-order valence-corrected chi connectivity index (χ0v) is 14.4. The molecule has 1 aromatic rings. The molecule has 1 aliphatic carbocycles. The maximum atomic E-state index is 12.0. The van der Waals surface area contributed by atoms with E-state index in [-0.39, 0.29) is 10.1 Å². The largest absolute Gasteiger partial charge is 0.352 e. The molecule has 0 bridgehead atoms. The molecule has 1 aliphatic rings. The van der Waals surface area contributed by atoms with Crippen LogP contribution in [0.3, 0.4) is 0 Å². The average molecular weight is 350 g/mol.